The van der Waals surface area contributed by atoms with Crippen LogP contribution in [0.4, 0.5) is 0 Å². The van der Waals surface area contributed by atoms with E-state index >= 15 is 0 Å². The Balaban J connectivity index is 0.000000160. The van der Waals surface area contributed by atoms with Crippen LogP contribution in [0, 0.1) is 0 Å². The van der Waals surface area contributed by atoms with E-state index in [1.54, 1.807) is 24.3 Å². The van der Waals surface area contributed by atoms with Crippen LogP contribution in [0.5, 0.6) is 11.5 Å². The van der Waals surface area contributed by atoms with Crippen LogP contribution in [0.1, 0.15) is 0 Å². The number of hydrogen-bond donors (Lipinski definition) is 0. The number of hydrogen-bond acceptors (Lipinski definition) is 2. The minimum atomic E-state index is 0. The molecule has 3 heteroatoms. The van der Waals surface area contributed by atoms with E-state index in [-0.39, 0.29) is 49.2 Å². The Hall–Kier alpha value is -1.74. The molecule has 4 aromatic rings. The van der Waals surface area contributed by atoms with Crippen molar-refractivity contribution in [2.24, 2.45) is 0 Å². The molecule has 0 aliphatic rings. The van der Waals surface area contributed by atoms with Crippen molar-refractivity contribution in [1.29, 1.82) is 0 Å². The third-order valence-electron chi connectivity index (χ3n) is 3.50. The van der Waals surface area contributed by atoms with Crippen molar-refractivity contribution in [3.05, 3.63) is 84.9 Å². The molecule has 0 atom stereocenters. The first kappa shape index (κ1) is 17.6. The maximum atomic E-state index is 11.2. The van der Waals surface area contributed by atoms with Crippen molar-refractivity contribution >= 4 is 59.3 Å². The Labute approximate surface area is 165 Å². The van der Waals surface area contributed by atoms with Crippen LogP contribution in [0.2, 0.25) is 0 Å². The molecule has 0 spiro atoms. The zero-order valence-electron chi connectivity index (χ0n) is 12.6. The first-order chi connectivity index (χ1) is 10.8. The van der Waals surface area contributed by atoms with E-state index in [0.29, 0.717) is 0 Å². The maximum Gasteiger partial charge on any atom is 2.00 e. The summed E-state index contributed by atoms with van der Waals surface area (Å²) in [5, 5.41) is 26.0. The summed E-state index contributed by atoms with van der Waals surface area (Å²) in [6, 6.07) is 25.8. The van der Waals surface area contributed by atoms with Crippen molar-refractivity contribution < 1.29 is 10.2 Å². The predicted octanol–water partition coefficient (Wildman–Crippen LogP) is 3.45. The van der Waals surface area contributed by atoms with Gasteiger partial charge < -0.3 is 10.2 Å². The quantitative estimate of drug-likeness (QED) is 0.465. The average Bonchev–Trinajstić information content (AvgIpc) is 2.57. The van der Waals surface area contributed by atoms with Gasteiger partial charge in [-0.25, -0.2) is 0 Å². The molecule has 0 N–H and O–H groups in total. The molecule has 0 heterocycles. The van der Waals surface area contributed by atoms with E-state index in [1.807, 2.05) is 60.7 Å². The van der Waals surface area contributed by atoms with Crippen LogP contribution in [-0.4, -0.2) is 37.7 Å². The normalized spacial score (nSPS) is 9.74. The van der Waals surface area contributed by atoms with Gasteiger partial charge in [-0.15, -0.1) is 11.5 Å². The average molecular weight is 326 g/mol. The van der Waals surface area contributed by atoms with E-state index < -0.39 is 0 Å². The molecule has 0 amide bonds. The van der Waals surface area contributed by atoms with Gasteiger partial charge in [-0.1, -0.05) is 84.9 Å². The smallest absolute Gasteiger partial charge is 0.872 e. The van der Waals surface area contributed by atoms with Crippen molar-refractivity contribution in [1.82, 2.24) is 0 Å². The van der Waals surface area contributed by atoms with E-state index in [2.05, 4.69) is 0 Å². The van der Waals surface area contributed by atoms with E-state index in [9.17, 15) is 10.2 Å². The predicted molar refractivity (Wildman–Crippen MR) is 92.5 cm³/mol. The Bertz CT molecular complexity index is 831. The Kier molecular flexibility index (Phi) is 6.28. The van der Waals surface area contributed by atoms with Crippen LogP contribution in [0.25, 0.3) is 21.5 Å². The first-order valence-corrected chi connectivity index (χ1v) is 7.05. The van der Waals surface area contributed by atoms with Gasteiger partial charge >= 0.3 is 37.7 Å². The number of rotatable bonds is 0. The fraction of sp³-hybridized carbons (Fsp3) is 0. The molecule has 0 aliphatic carbocycles. The molecule has 4 rings (SSSR count). The monoisotopic (exact) mass is 326 g/mol. The van der Waals surface area contributed by atoms with E-state index in [0.717, 1.165) is 21.5 Å². The third-order valence-corrected chi connectivity index (χ3v) is 3.50. The maximum absolute atomic E-state index is 11.2. The Morgan fingerprint density at radius 1 is 0.435 bits per heavy atom. The molecule has 4 aromatic carbocycles. The summed E-state index contributed by atoms with van der Waals surface area (Å²) in [6.45, 7) is 0. The molecule has 0 radical (unpaired) electrons. The molecular formula is C20H14CaO2. The zero-order chi connectivity index (χ0) is 15.4. The molecule has 0 bridgehead atoms. The number of benzene rings is 4. The number of fused-ring (bicyclic) bond motifs is 2. The Morgan fingerprint density at radius 3 is 1.17 bits per heavy atom. The summed E-state index contributed by atoms with van der Waals surface area (Å²) in [7, 11) is 0. The van der Waals surface area contributed by atoms with E-state index in [1.165, 1.54) is 0 Å². The largest absolute Gasteiger partial charge is 2.00 e. The van der Waals surface area contributed by atoms with Gasteiger partial charge in [0, 0.05) is 0 Å². The van der Waals surface area contributed by atoms with E-state index in [4.69, 9.17) is 0 Å². The van der Waals surface area contributed by atoms with Gasteiger partial charge in [-0.3, -0.25) is 0 Å². The second-order valence-corrected chi connectivity index (χ2v) is 4.95. The van der Waals surface area contributed by atoms with Crippen LogP contribution in [-0.2, 0) is 0 Å². The van der Waals surface area contributed by atoms with Crippen molar-refractivity contribution in [2.45, 2.75) is 0 Å². The van der Waals surface area contributed by atoms with Gasteiger partial charge in [-0.2, -0.15) is 0 Å². The Morgan fingerprint density at radius 2 is 0.783 bits per heavy atom. The summed E-state index contributed by atoms with van der Waals surface area (Å²) < 4.78 is 0. The van der Waals surface area contributed by atoms with Crippen LogP contribution < -0.4 is 10.2 Å². The van der Waals surface area contributed by atoms with Gasteiger partial charge in [0.15, 0.2) is 0 Å². The van der Waals surface area contributed by atoms with Crippen molar-refractivity contribution in [3.8, 4) is 11.5 Å². The van der Waals surface area contributed by atoms with Crippen LogP contribution in [0.15, 0.2) is 84.9 Å². The van der Waals surface area contributed by atoms with Gasteiger partial charge in [-0.05, 0) is 21.5 Å². The fourth-order valence-electron chi connectivity index (χ4n) is 2.39. The SMILES string of the molecule is [Ca+2].[O-]c1cccc2ccccc12.[O-]c1cccc2ccccc12. The first-order valence-electron chi connectivity index (χ1n) is 7.05. The molecule has 0 fully saturated rings. The molecule has 0 aliphatic heterocycles. The molecule has 0 saturated carbocycles. The minimum Gasteiger partial charge on any atom is -0.872 e. The second-order valence-electron chi connectivity index (χ2n) is 4.95. The summed E-state index contributed by atoms with van der Waals surface area (Å²) in [5.74, 6) is 0.200. The van der Waals surface area contributed by atoms with Crippen molar-refractivity contribution in [3.63, 3.8) is 0 Å². The van der Waals surface area contributed by atoms with Crippen LogP contribution in [0.3, 0.4) is 0 Å². The standard InChI is InChI=1S/2C10H8O.Ca/c2*11-10-7-3-5-8-4-1-2-6-9(8)10;/h2*1-7,11H;/q;;+2/p-2. The summed E-state index contributed by atoms with van der Waals surface area (Å²) in [5.41, 5.74) is 0. The molecule has 0 saturated heterocycles. The van der Waals surface area contributed by atoms with Crippen LogP contribution >= 0.6 is 0 Å². The molecule has 0 aromatic heterocycles. The van der Waals surface area contributed by atoms with Gasteiger partial charge in [0.2, 0.25) is 0 Å². The summed E-state index contributed by atoms with van der Waals surface area (Å²) in [4.78, 5) is 0. The molecular weight excluding hydrogens is 312 g/mol. The zero-order valence-corrected chi connectivity index (χ0v) is 14.8. The minimum absolute atomic E-state index is 0. The summed E-state index contributed by atoms with van der Waals surface area (Å²) >= 11 is 0. The molecule has 23 heavy (non-hydrogen) atoms. The topological polar surface area (TPSA) is 46.1 Å². The second kappa shape index (κ2) is 8.21. The summed E-state index contributed by atoms with van der Waals surface area (Å²) in [6.07, 6.45) is 0. The van der Waals surface area contributed by atoms with Gasteiger partial charge in [0.25, 0.3) is 0 Å². The van der Waals surface area contributed by atoms with Crippen molar-refractivity contribution in [2.75, 3.05) is 0 Å². The molecule has 0 unspecified atom stereocenters. The fourth-order valence-corrected chi connectivity index (χ4v) is 2.39. The van der Waals surface area contributed by atoms with Gasteiger partial charge in [0.05, 0.1) is 0 Å². The molecule has 2 nitrogen and oxygen atoms in total. The molecule has 108 valence electrons. The third kappa shape index (κ3) is 4.17. The van der Waals surface area contributed by atoms with Gasteiger partial charge in [0.1, 0.15) is 0 Å².